The van der Waals surface area contributed by atoms with E-state index in [9.17, 15) is 24.4 Å². The number of ether oxygens (including phenoxy) is 2. The summed E-state index contributed by atoms with van der Waals surface area (Å²) in [5.41, 5.74) is 7.39. The van der Waals surface area contributed by atoms with Gasteiger partial charge in [0.2, 0.25) is 17.7 Å². The predicted molar refractivity (Wildman–Crippen MR) is 203 cm³/mol. The maximum Gasteiger partial charge on any atom is 0.251 e. The van der Waals surface area contributed by atoms with Crippen LogP contribution in [0.15, 0.2) is 24.3 Å². The van der Waals surface area contributed by atoms with Crippen LogP contribution in [0.5, 0.6) is 0 Å². The van der Waals surface area contributed by atoms with E-state index in [4.69, 9.17) is 15.2 Å². The maximum absolute atomic E-state index is 14.2. The molecule has 0 aromatic heterocycles. The van der Waals surface area contributed by atoms with Gasteiger partial charge in [-0.15, -0.1) is 0 Å². The van der Waals surface area contributed by atoms with E-state index in [0.29, 0.717) is 25.1 Å². The fraction of sp³-hybridized carbons (Fsp3) is 0.744. The number of benzene rings is 1. The molecule has 4 amide bonds. The number of nitrogen functional groups attached to an aromatic ring is 1. The first-order chi connectivity index (χ1) is 24.4. The van der Waals surface area contributed by atoms with Gasteiger partial charge in [0.25, 0.3) is 5.91 Å². The van der Waals surface area contributed by atoms with Gasteiger partial charge in [0.15, 0.2) is 0 Å². The summed E-state index contributed by atoms with van der Waals surface area (Å²) in [5, 5.41) is 14.5. The molecular weight excluding hydrogens is 664 g/mol. The highest BCUT2D eigenvalue weighted by atomic mass is 16.5. The number of nitrogens with zero attached hydrogens (tertiary/aromatic N) is 4. The largest absolute Gasteiger partial charge is 0.399 e. The summed E-state index contributed by atoms with van der Waals surface area (Å²) in [7, 11) is 8.51. The lowest BCUT2D eigenvalue weighted by molar-refractivity contribution is -0.176. The summed E-state index contributed by atoms with van der Waals surface area (Å²) in [6.07, 6.45) is 1.27. The minimum Gasteiger partial charge on any atom is -0.399 e. The van der Waals surface area contributed by atoms with Gasteiger partial charge >= 0.3 is 0 Å². The van der Waals surface area contributed by atoms with Crippen molar-refractivity contribution in [3.63, 3.8) is 0 Å². The highest BCUT2D eigenvalue weighted by molar-refractivity contribution is 5.90. The molecule has 0 unspecified atom stereocenters. The molecule has 0 radical (unpaired) electrons. The Morgan fingerprint density at radius 3 is 2.17 bits per heavy atom. The number of hydrogen-bond donors (Lipinski definition) is 3. The second-order valence-electron chi connectivity index (χ2n) is 15.4. The van der Waals surface area contributed by atoms with Gasteiger partial charge in [-0.1, -0.05) is 67.0 Å². The first kappa shape index (κ1) is 44.9. The number of hydroxylamine groups is 2. The second-order valence-corrected chi connectivity index (χ2v) is 15.4. The van der Waals surface area contributed by atoms with Gasteiger partial charge in [-0.25, -0.2) is 5.06 Å². The normalized spacial score (nSPS) is 18.8. The zero-order valence-electron chi connectivity index (χ0n) is 33.8. The number of amides is 4. The number of likely N-dealkylation sites (N-methyl/N-ethyl adjacent to an activating group) is 2. The fourth-order valence-corrected chi connectivity index (χ4v) is 7.73. The van der Waals surface area contributed by atoms with Crippen molar-refractivity contribution in [2.75, 3.05) is 54.2 Å². The lowest BCUT2D eigenvalue weighted by atomic mass is 9.89. The van der Waals surface area contributed by atoms with E-state index in [1.165, 1.54) is 7.11 Å². The quantitative estimate of drug-likeness (QED) is 0.103. The molecule has 1 aromatic carbocycles. The minimum absolute atomic E-state index is 0.0134. The smallest absolute Gasteiger partial charge is 0.251 e. The van der Waals surface area contributed by atoms with Gasteiger partial charge < -0.3 is 30.3 Å². The van der Waals surface area contributed by atoms with Crippen molar-refractivity contribution in [2.45, 2.75) is 117 Å². The lowest BCUT2D eigenvalue weighted by Crippen LogP contribution is -2.59. The Kier molecular flexibility index (Phi) is 18.0. The van der Waals surface area contributed by atoms with Crippen LogP contribution < -0.4 is 11.1 Å². The second kappa shape index (κ2) is 20.8. The Morgan fingerprint density at radius 1 is 1.00 bits per heavy atom. The molecule has 296 valence electrons. The standard InChI is InChI=1S/C39H68N6O7/c1-13-26(6)35(43(10)39(49)33(24(2)3)41-37(47)34(25(4)5)42(8)9)31(51-11)23-32(46)44-20-15-18-30(44)36(52-12)27(7)38(48)45(50)21-19-28-16-14-17-29(40)22-28/h14,16-17,22,24-27,30-31,33-36,50H,13,15,18-21,23,40H2,1-12H3,(H,41,47)/t26-,27+,30-,31+,33-,34-,35-,36+/m0/s1. The van der Waals surface area contributed by atoms with Crippen LogP contribution in [-0.2, 0) is 35.1 Å². The molecule has 2 rings (SSSR count). The van der Waals surface area contributed by atoms with Crippen LogP contribution in [0.4, 0.5) is 5.69 Å². The van der Waals surface area contributed by atoms with Gasteiger partial charge in [-0.05, 0) is 68.8 Å². The van der Waals surface area contributed by atoms with Crippen molar-refractivity contribution in [3.05, 3.63) is 29.8 Å². The van der Waals surface area contributed by atoms with E-state index in [-0.39, 0.29) is 54.5 Å². The molecule has 1 aromatic rings. The van der Waals surface area contributed by atoms with Crippen LogP contribution in [0, 0.1) is 23.7 Å². The van der Waals surface area contributed by atoms with Crippen LogP contribution >= 0.6 is 0 Å². The van der Waals surface area contributed by atoms with Gasteiger partial charge in [0, 0.05) is 33.5 Å². The van der Waals surface area contributed by atoms with Crippen molar-refractivity contribution < 1.29 is 33.9 Å². The third-order valence-corrected chi connectivity index (χ3v) is 10.7. The summed E-state index contributed by atoms with van der Waals surface area (Å²) in [6.45, 7) is 14.1. The minimum atomic E-state index is -0.764. The van der Waals surface area contributed by atoms with Crippen molar-refractivity contribution in [1.82, 2.24) is 25.1 Å². The summed E-state index contributed by atoms with van der Waals surface area (Å²) < 4.78 is 11.9. The highest BCUT2D eigenvalue weighted by Crippen LogP contribution is 2.30. The van der Waals surface area contributed by atoms with Crippen LogP contribution in [0.2, 0.25) is 0 Å². The number of hydrogen-bond acceptors (Lipinski definition) is 9. The fourth-order valence-electron chi connectivity index (χ4n) is 7.73. The summed E-state index contributed by atoms with van der Waals surface area (Å²) in [5.74, 6) is -1.97. The summed E-state index contributed by atoms with van der Waals surface area (Å²) >= 11 is 0. The van der Waals surface area contributed by atoms with Crippen molar-refractivity contribution in [1.29, 1.82) is 0 Å². The van der Waals surface area contributed by atoms with E-state index in [1.807, 2.05) is 78.7 Å². The van der Waals surface area contributed by atoms with Crippen molar-refractivity contribution >= 4 is 29.3 Å². The molecule has 1 fully saturated rings. The van der Waals surface area contributed by atoms with Crippen LogP contribution in [-0.4, -0.2) is 133 Å². The molecule has 1 saturated heterocycles. The molecule has 52 heavy (non-hydrogen) atoms. The molecule has 1 heterocycles. The third-order valence-electron chi connectivity index (χ3n) is 10.7. The Balaban J connectivity index is 2.24. The Bertz CT molecular complexity index is 1300. The predicted octanol–water partition coefficient (Wildman–Crippen LogP) is 3.68. The van der Waals surface area contributed by atoms with Gasteiger partial charge in [0.1, 0.15) is 6.04 Å². The zero-order chi connectivity index (χ0) is 39.4. The monoisotopic (exact) mass is 733 g/mol. The number of nitrogens with one attached hydrogen (secondary N) is 1. The molecule has 0 spiro atoms. The first-order valence-corrected chi connectivity index (χ1v) is 18.8. The molecule has 0 bridgehead atoms. The Labute approximate surface area is 312 Å². The molecule has 4 N–H and O–H groups in total. The first-order valence-electron chi connectivity index (χ1n) is 18.8. The lowest BCUT2D eigenvalue weighted by Gasteiger charge is -2.41. The molecule has 0 aliphatic carbocycles. The van der Waals surface area contributed by atoms with E-state index < -0.39 is 42.2 Å². The number of carbonyl (C=O) groups excluding carboxylic acids is 4. The third kappa shape index (κ3) is 11.6. The van der Waals surface area contributed by atoms with E-state index >= 15 is 0 Å². The molecule has 1 aliphatic heterocycles. The number of methoxy groups -OCH3 is 2. The maximum atomic E-state index is 14.2. The van der Waals surface area contributed by atoms with E-state index in [2.05, 4.69) is 5.32 Å². The number of carbonyl (C=O) groups is 4. The molecule has 8 atom stereocenters. The molecule has 13 nitrogen and oxygen atoms in total. The highest BCUT2D eigenvalue weighted by Gasteiger charge is 2.43. The number of nitrogens with two attached hydrogens (primary N) is 1. The van der Waals surface area contributed by atoms with Gasteiger partial charge in [-0.3, -0.25) is 29.3 Å². The van der Waals surface area contributed by atoms with Gasteiger partial charge in [0.05, 0.1) is 49.2 Å². The van der Waals surface area contributed by atoms with Crippen LogP contribution in [0.3, 0.4) is 0 Å². The van der Waals surface area contributed by atoms with Gasteiger partial charge in [-0.2, -0.15) is 0 Å². The number of rotatable bonds is 20. The average Bonchev–Trinajstić information content (AvgIpc) is 3.57. The summed E-state index contributed by atoms with van der Waals surface area (Å²) in [4.78, 5) is 60.4. The molecule has 1 aliphatic rings. The van der Waals surface area contributed by atoms with Crippen molar-refractivity contribution in [3.8, 4) is 0 Å². The van der Waals surface area contributed by atoms with Crippen molar-refractivity contribution in [2.24, 2.45) is 23.7 Å². The SMILES string of the molecule is CC[C@H](C)[C@@H]([C@@H](CC(=O)N1CCC[C@H]1[C@H](OC)[C@@H](C)C(=O)N(O)CCc1cccc(N)c1)OC)N(C)C(=O)[C@@H](NC(=O)[C@H](C(C)C)N(C)C)C(C)C. The number of anilines is 1. The Hall–Kier alpha value is -3.26. The molecule has 13 heteroatoms. The molecular formula is C39H68N6O7. The topological polar surface area (TPSA) is 158 Å². The summed E-state index contributed by atoms with van der Waals surface area (Å²) in [6, 6.07) is 5.30. The molecule has 0 saturated carbocycles. The number of likely N-dealkylation sites (tertiary alicyclic amines) is 1. The van der Waals surface area contributed by atoms with E-state index in [1.54, 1.807) is 36.9 Å². The van der Waals surface area contributed by atoms with Crippen LogP contribution in [0.25, 0.3) is 0 Å². The zero-order valence-corrected chi connectivity index (χ0v) is 33.8. The van der Waals surface area contributed by atoms with E-state index in [0.717, 1.165) is 23.5 Å². The average molecular weight is 733 g/mol. The van der Waals surface area contributed by atoms with Crippen LogP contribution in [0.1, 0.15) is 79.7 Å². The Morgan fingerprint density at radius 2 is 1.65 bits per heavy atom.